The second-order valence-corrected chi connectivity index (χ2v) is 8.02. The Morgan fingerprint density at radius 3 is 2.48 bits per heavy atom. The molecule has 1 aromatic heterocycles. The Morgan fingerprint density at radius 2 is 1.87 bits per heavy atom. The van der Waals surface area contributed by atoms with Crippen LogP contribution in [0.4, 0.5) is 0 Å². The Kier molecular flexibility index (Phi) is 7.32. The first-order valence-corrected chi connectivity index (χ1v) is 10.4. The molecule has 0 bridgehead atoms. The predicted molar refractivity (Wildman–Crippen MR) is 118 cm³/mol. The predicted octanol–water partition coefficient (Wildman–Crippen LogP) is 5.73. The molecule has 0 N–H and O–H groups in total. The molecule has 31 heavy (non-hydrogen) atoms. The number of oxazole rings is 1. The number of alkyl halides is 1. The van der Waals surface area contributed by atoms with Crippen molar-refractivity contribution in [3.63, 3.8) is 0 Å². The fourth-order valence-electron chi connectivity index (χ4n) is 3.06. The van der Waals surface area contributed by atoms with E-state index in [1.54, 1.807) is 6.07 Å². The number of ether oxygens (including phenoxy) is 3. The average molecular weight is 461 g/mol. The minimum Gasteiger partial charge on any atom is -0.489 e. The van der Waals surface area contributed by atoms with Gasteiger partial charge in [0.05, 0.1) is 23.6 Å². The average Bonchev–Trinajstić information content (AvgIpc) is 3.24. The number of hydrogen-bond donors (Lipinski definition) is 0. The van der Waals surface area contributed by atoms with E-state index >= 15 is 0 Å². The van der Waals surface area contributed by atoms with Crippen LogP contribution in [0.1, 0.15) is 36.2 Å². The van der Waals surface area contributed by atoms with Crippen LogP contribution in [0.5, 0.6) is 17.6 Å². The van der Waals surface area contributed by atoms with Crippen LogP contribution in [-0.4, -0.2) is 24.6 Å². The second kappa shape index (κ2) is 9.95. The number of hydrogen-bond acceptors (Lipinski definition) is 6. The molecule has 3 aromatic rings. The van der Waals surface area contributed by atoms with Crippen molar-refractivity contribution in [2.24, 2.45) is 0 Å². The Hall–Kier alpha value is -2.88. The fraction of sp³-hybridized carbons (Fsp3) is 0.304. The zero-order valence-corrected chi connectivity index (χ0v) is 19.0. The van der Waals surface area contributed by atoms with Gasteiger partial charge in [0.2, 0.25) is 0 Å². The zero-order valence-electron chi connectivity index (χ0n) is 17.4. The van der Waals surface area contributed by atoms with Gasteiger partial charge in [-0.25, -0.2) is 0 Å². The number of halogens is 2. The Balaban J connectivity index is 1.78. The summed E-state index contributed by atoms with van der Waals surface area (Å²) >= 11 is 12.1. The number of benzene rings is 2. The van der Waals surface area contributed by atoms with Crippen molar-refractivity contribution >= 4 is 23.2 Å². The quantitative estimate of drug-likeness (QED) is 0.379. The largest absolute Gasteiger partial charge is 0.489 e. The molecule has 1 heterocycles. The zero-order chi connectivity index (χ0) is 22.4. The van der Waals surface area contributed by atoms with E-state index in [0.29, 0.717) is 33.7 Å². The van der Waals surface area contributed by atoms with Crippen LogP contribution in [0.3, 0.4) is 0 Å². The molecule has 0 aliphatic rings. The van der Waals surface area contributed by atoms with E-state index in [0.717, 1.165) is 11.1 Å². The third kappa shape index (κ3) is 5.25. The van der Waals surface area contributed by atoms with Gasteiger partial charge in [-0.1, -0.05) is 37.6 Å². The molecule has 0 saturated heterocycles. The van der Waals surface area contributed by atoms with Crippen LogP contribution in [-0.2, 0) is 12.0 Å². The monoisotopic (exact) mass is 460 g/mol. The summed E-state index contributed by atoms with van der Waals surface area (Å²) in [7, 11) is 1.49. The summed E-state index contributed by atoms with van der Waals surface area (Å²) in [6, 6.07) is 13.5. The molecule has 2 aromatic carbocycles. The van der Waals surface area contributed by atoms with Crippen molar-refractivity contribution < 1.29 is 18.6 Å². The molecule has 0 fully saturated rings. The molecule has 0 aliphatic carbocycles. The smallest absolute Gasteiger partial charge is 0.393 e. The maximum absolute atomic E-state index is 9.55. The van der Waals surface area contributed by atoms with Gasteiger partial charge in [0.25, 0.3) is 0 Å². The molecule has 0 saturated carbocycles. The van der Waals surface area contributed by atoms with Crippen LogP contribution >= 0.6 is 23.2 Å². The number of methoxy groups -OCH3 is 1. The maximum Gasteiger partial charge on any atom is 0.393 e. The van der Waals surface area contributed by atoms with Gasteiger partial charge in [0.15, 0.2) is 5.75 Å². The molecular formula is C23H22Cl2N2O4. The third-order valence-corrected chi connectivity index (χ3v) is 5.31. The summed E-state index contributed by atoms with van der Waals surface area (Å²) in [4.78, 5) is 4.12. The first kappa shape index (κ1) is 22.8. The molecular weight excluding hydrogens is 439 g/mol. The number of nitriles is 1. The molecule has 0 atom stereocenters. The summed E-state index contributed by atoms with van der Waals surface area (Å²) in [5, 5.41) is 9.94. The normalized spacial score (nSPS) is 11.1. The minimum absolute atomic E-state index is 0.199. The Labute approximate surface area is 191 Å². The van der Waals surface area contributed by atoms with E-state index in [4.69, 9.17) is 41.8 Å². The van der Waals surface area contributed by atoms with Crippen molar-refractivity contribution in [3.8, 4) is 23.6 Å². The number of aromatic nitrogens is 1. The molecule has 0 radical (unpaired) electrons. The van der Waals surface area contributed by atoms with E-state index in [-0.39, 0.29) is 19.3 Å². The van der Waals surface area contributed by atoms with Crippen molar-refractivity contribution in [1.82, 2.24) is 4.98 Å². The van der Waals surface area contributed by atoms with E-state index < -0.39 is 5.41 Å². The maximum atomic E-state index is 9.55. The van der Waals surface area contributed by atoms with Gasteiger partial charge in [0, 0.05) is 5.41 Å². The topological polar surface area (TPSA) is 77.5 Å². The van der Waals surface area contributed by atoms with E-state index in [9.17, 15) is 5.26 Å². The molecule has 0 aliphatic heterocycles. The summed E-state index contributed by atoms with van der Waals surface area (Å²) < 4.78 is 21.3. The van der Waals surface area contributed by atoms with Gasteiger partial charge in [-0.2, -0.15) is 10.2 Å². The molecule has 0 spiro atoms. The van der Waals surface area contributed by atoms with Crippen molar-refractivity contribution in [2.75, 3.05) is 19.6 Å². The standard InChI is InChI=1S/C23H22Cl2N2O4/c1-23(2,17-10-15(12-26)21(20(25)11-17)29-9-8-24)16-4-6-19(7-5-16)30-13-18-14-31-22(27-18)28-3/h4-7,10-11,14H,8-9,13H2,1-3H3. The lowest BCUT2D eigenvalue weighted by Crippen LogP contribution is -2.19. The first-order chi connectivity index (χ1) is 14.9. The van der Waals surface area contributed by atoms with E-state index in [1.165, 1.54) is 13.4 Å². The summed E-state index contributed by atoms with van der Waals surface area (Å²) in [6.07, 6.45) is 1.69. The highest BCUT2D eigenvalue weighted by molar-refractivity contribution is 6.32. The van der Waals surface area contributed by atoms with Crippen LogP contribution in [0.2, 0.25) is 5.02 Å². The fourth-order valence-corrected chi connectivity index (χ4v) is 3.42. The number of rotatable bonds is 9. The first-order valence-electron chi connectivity index (χ1n) is 9.53. The highest BCUT2D eigenvalue weighted by Crippen LogP contribution is 2.38. The van der Waals surface area contributed by atoms with Gasteiger partial charge >= 0.3 is 6.08 Å². The molecule has 162 valence electrons. The van der Waals surface area contributed by atoms with E-state index in [2.05, 4.69) is 24.9 Å². The lowest BCUT2D eigenvalue weighted by atomic mass is 9.77. The summed E-state index contributed by atoms with van der Waals surface area (Å²) in [5.74, 6) is 1.37. The van der Waals surface area contributed by atoms with E-state index in [1.807, 2.05) is 30.3 Å². The van der Waals surface area contributed by atoms with Gasteiger partial charge in [-0.05, 0) is 35.4 Å². The van der Waals surface area contributed by atoms with Gasteiger partial charge in [-0.3, -0.25) is 0 Å². The molecule has 0 amide bonds. The molecule has 8 heteroatoms. The summed E-state index contributed by atoms with van der Waals surface area (Å²) in [6.45, 7) is 4.68. The Morgan fingerprint density at radius 1 is 1.13 bits per heavy atom. The number of nitrogens with zero attached hydrogens (tertiary/aromatic N) is 2. The van der Waals surface area contributed by atoms with Crippen molar-refractivity contribution in [1.29, 1.82) is 5.26 Å². The van der Waals surface area contributed by atoms with Crippen LogP contribution in [0.25, 0.3) is 0 Å². The molecule has 3 rings (SSSR count). The lowest BCUT2D eigenvalue weighted by molar-refractivity contribution is 0.289. The summed E-state index contributed by atoms with van der Waals surface area (Å²) in [5.41, 5.74) is 2.55. The van der Waals surface area contributed by atoms with Crippen LogP contribution in [0, 0.1) is 11.3 Å². The minimum atomic E-state index is -0.404. The van der Waals surface area contributed by atoms with Crippen LogP contribution in [0.15, 0.2) is 47.1 Å². The van der Waals surface area contributed by atoms with Crippen molar-refractivity contribution in [3.05, 3.63) is 70.1 Å². The molecule has 0 unspecified atom stereocenters. The lowest BCUT2D eigenvalue weighted by Gasteiger charge is -2.27. The van der Waals surface area contributed by atoms with Crippen molar-refractivity contribution in [2.45, 2.75) is 25.9 Å². The SMILES string of the molecule is COc1nc(COc2ccc(C(C)(C)c3cc(Cl)c(OCCCl)c(C#N)c3)cc2)co1. The van der Waals surface area contributed by atoms with Crippen LogP contribution < -0.4 is 14.2 Å². The second-order valence-electron chi connectivity index (χ2n) is 7.23. The highest BCUT2D eigenvalue weighted by Gasteiger charge is 2.26. The Bertz CT molecular complexity index is 1070. The highest BCUT2D eigenvalue weighted by atomic mass is 35.5. The molecule has 6 nitrogen and oxygen atoms in total. The third-order valence-electron chi connectivity index (χ3n) is 4.88. The van der Waals surface area contributed by atoms with Gasteiger partial charge in [-0.15, -0.1) is 11.6 Å². The van der Waals surface area contributed by atoms with Gasteiger partial charge in [0.1, 0.15) is 37.0 Å². The van der Waals surface area contributed by atoms with Gasteiger partial charge < -0.3 is 18.6 Å².